The van der Waals surface area contributed by atoms with Crippen molar-refractivity contribution in [2.75, 3.05) is 0 Å². The van der Waals surface area contributed by atoms with Crippen LogP contribution in [0.1, 0.15) is 36.6 Å². The van der Waals surface area contributed by atoms with Gasteiger partial charge in [0.05, 0.1) is 23.1 Å². The van der Waals surface area contributed by atoms with Crippen molar-refractivity contribution in [2.45, 2.75) is 32.2 Å². The number of aromatic nitrogens is 7. The summed E-state index contributed by atoms with van der Waals surface area (Å²) in [5.41, 5.74) is 6.28. The van der Waals surface area contributed by atoms with Crippen LogP contribution < -0.4 is 5.56 Å². The van der Waals surface area contributed by atoms with Crippen LogP contribution in [0.15, 0.2) is 65.7 Å². The molecule has 2 aromatic carbocycles. The second-order valence-corrected chi connectivity index (χ2v) is 8.94. The molecule has 1 atom stereocenters. The Hall–Kier alpha value is -4.04. The Morgan fingerprint density at radius 3 is 2.77 bits per heavy atom. The van der Waals surface area contributed by atoms with Gasteiger partial charge in [0.2, 0.25) is 0 Å². The van der Waals surface area contributed by atoms with Gasteiger partial charge in [-0.25, -0.2) is 4.98 Å². The Balaban J connectivity index is 1.43. The minimum absolute atomic E-state index is 0.0760. The van der Waals surface area contributed by atoms with Crippen LogP contribution in [0.2, 0.25) is 5.02 Å². The normalized spacial score (nSPS) is 14.9. The largest absolute Gasteiger partial charge is 0.340 e. The molecular weight excluding hydrogens is 462 g/mol. The number of halogens is 1. The van der Waals surface area contributed by atoms with Gasteiger partial charge < -0.3 is 9.55 Å². The number of nitrogens with one attached hydrogen (secondary N) is 1. The molecule has 0 spiro atoms. The smallest absolute Gasteiger partial charge is 0.252 e. The lowest BCUT2D eigenvalue weighted by Crippen LogP contribution is -2.24. The standard InChI is InChI=1S/C26H21ClN7O/c1-2-21-25(16-6-4-3-5-7-16)30-26(29-21)23-11-9-19-12-17(13-24(35)34(19)23)20-14-18(27)8-10-22(20)33-15-28-31-32-33/h4-8,10,12-15,23H,2,9,11H2,1H3,(H,29,30). The molecular formula is C26H21ClN7O. The van der Waals surface area contributed by atoms with E-state index in [1.807, 2.05) is 41.0 Å². The monoisotopic (exact) mass is 482 g/mol. The van der Waals surface area contributed by atoms with Crippen LogP contribution >= 0.6 is 11.6 Å². The molecule has 1 N–H and O–H groups in total. The highest BCUT2D eigenvalue weighted by atomic mass is 35.5. The van der Waals surface area contributed by atoms with E-state index < -0.39 is 0 Å². The van der Waals surface area contributed by atoms with Gasteiger partial charge in [-0.2, -0.15) is 4.68 Å². The molecule has 0 aliphatic carbocycles. The summed E-state index contributed by atoms with van der Waals surface area (Å²) in [6, 6.07) is 19.9. The van der Waals surface area contributed by atoms with Gasteiger partial charge in [0, 0.05) is 22.3 Å². The van der Waals surface area contributed by atoms with Gasteiger partial charge in [0.15, 0.2) is 0 Å². The van der Waals surface area contributed by atoms with E-state index in [0.717, 1.165) is 64.5 Å². The lowest BCUT2D eigenvalue weighted by atomic mass is 10.0. The van der Waals surface area contributed by atoms with Crippen LogP contribution in [0.3, 0.4) is 0 Å². The predicted molar refractivity (Wildman–Crippen MR) is 133 cm³/mol. The first kappa shape index (κ1) is 21.5. The molecule has 0 saturated heterocycles. The number of pyridine rings is 1. The van der Waals surface area contributed by atoms with E-state index in [9.17, 15) is 4.79 Å². The highest BCUT2D eigenvalue weighted by Gasteiger charge is 2.29. The van der Waals surface area contributed by atoms with Crippen LogP contribution in [-0.2, 0) is 12.8 Å². The summed E-state index contributed by atoms with van der Waals surface area (Å²) in [7, 11) is 0. The Labute approximate surface area is 206 Å². The van der Waals surface area contributed by atoms with Crippen LogP contribution in [-0.4, -0.2) is 34.7 Å². The summed E-state index contributed by atoms with van der Waals surface area (Å²) < 4.78 is 3.42. The summed E-state index contributed by atoms with van der Waals surface area (Å²) in [4.78, 5) is 21.9. The number of nitrogens with zero attached hydrogens (tertiary/aromatic N) is 6. The molecule has 0 fully saturated rings. The number of aromatic amines is 1. The molecule has 1 radical (unpaired) electrons. The van der Waals surface area contributed by atoms with Crippen LogP contribution in [0.5, 0.6) is 0 Å². The molecule has 0 bridgehead atoms. The van der Waals surface area contributed by atoms with Crippen molar-refractivity contribution in [3.63, 3.8) is 0 Å². The molecule has 3 aromatic heterocycles. The zero-order valence-electron chi connectivity index (χ0n) is 18.9. The quantitative estimate of drug-likeness (QED) is 0.400. The van der Waals surface area contributed by atoms with Crippen molar-refractivity contribution in [3.8, 4) is 28.1 Å². The number of imidazole rings is 1. The summed E-state index contributed by atoms with van der Waals surface area (Å²) in [6.45, 7) is 2.09. The first-order chi connectivity index (χ1) is 17.1. The minimum atomic E-state index is -0.140. The van der Waals surface area contributed by atoms with E-state index >= 15 is 0 Å². The number of H-pyrrole nitrogens is 1. The highest BCUT2D eigenvalue weighted by Crippen LogP contribution is 2.35. The van der Waals surface area contributed by atoms with Gasteiger partial charge >= 0.3 is 0 Å². The van der Waals surface area contributed by atoms with Gasteiger partial charge in [-0.3, -0.25) is 4.79 Å². The number of hydrogen-bond donors (Lipinski definition) is 1. The van der Waals surface area contributed by atoms with Crippen molar-refractivity contribution in [1.82, 2.24) is 34.7 Å². The topological polar surface area (TPSA) is 94.3 Å². The first-order valence-corrected chi connectivity index (χ1v) is 11.8. The summed E-state index contributed by atoms with van der Waals surface area (Å²) >= 11 is 6.31. The third-order valence-electron chi connectivity index (χ3n) is 6.45. The molecule has 0 saturated carbocycles. The van der Waals surface area contributed by atoms with Gasteiger partial charge in [-0.1, -0.05) is 42.8 Å². The number of rotatable bonds is 5. The molecule has 35 heavy (non-hydrogen) atoms. The Morgan fingerprint density at radius 1 is 1.14 bits per heavy atom. The lowest BCUT2D eigenvalue weighted by molar-refractivity contribution is 0.571. The number of fused-ring (bicyclic) bond motifs is 1. The molecule has 1 unspecified atom stereocenters. The van der Waals surface area contributed by atoms with E-state index in [4.69, 9.17) is 16.6 Å². The summed E-state index contributed by atoms with van der Waals surface area (Å²) in [5, 5.41) is 12.0. The number of aryl methyl sites for hydroxylation is 2. The van der Waals surface area contributed by atoms with E-state index in [1.165, 1.54) is 6.33 Å². The Bertz CT molecular complexity index is 1570. The van der Waals surface area contributed by atoms with Gasteiger partial charge in [-0.05, 0) is 71.1 Å². The highest BCUT2D eigenvalue weighted by molar-refractivity contribution is 6.31. The average molecular weight is 483 g/mol. The molecule has 1 aliphatic rings. The number of tetrazole rings is 1. The molecule has 173 valence electrons. The second-order valence-electron chi connectivity index (χ2n) is 8.50. The third kappa shape index (κ3) is 3.76. The van der Waals surface area contributed by atoms with E-state index in [-0.39, 0.29) is 11.6 Å². The summed E-state index contributed by atoms with van der Waals surface area (Å²) in [5.74, 6) is 0.815. The molecule has 6 rings (SSSR count). The maximum Gasteiger partial charge on any atom is 0.252 e. The maximum absolute atomic E-state index is 13.4. The van der Waals surface area contributed by atoms with Gasteiger partial charge in [0.25, 0.3) is 5.56 Å². The molecule has 0 amide bonds. The van der Waals surface area contributed by atoms with E-state index in [1.54, 1.807) is 16.8 Å². The van der Waals surface area contributed by atoms with Crippen molar-refractivity contribution in [3.05, 3.63) is 99.6 Å². The zero-order chi connectivity index (χ0) is 23.9. The molecule has 9 heteroatoms. The average Bonchev–Trinajstić information content (AvgIpc) is 3.63. The lowest BCUT2D eigenvalue weighted by Gasteiger charge is -2.15. The van der Waals surface area contributed by atoms with Crippen molar-refractivity contribution < 1.29 is 0 Å². The number of hydrogen-bond acceptors (Lipinski definition) is 5. The minimum Gasteiger partial charge on any atom is -0.340 e. The second kappa shape index (κ2) is 8.63. The Morgan fingerprint density at radius 2 is 2.00 bits per heavy atom. The summed E-state index contributed by atoms with van der Waals surface area (Å²) in [6.07, 6.45) is 3.89. The fourth-order valence-electron chi connectivity index (χ4n) is 4.86. The van der Waals surface area contributed by atoms with Gasteiger partial charge in [-0.15, -0.1) is 5.10 Å². The fourth-order valence-corrected chi connectivity index (χ4v) is 5.03. The van der Waals surface area contributed by atoms with Crippen molar-refractivity contribution in [2.24, 2.45) is 0 Å². The third-order valence-corrected chi connectivity index (χ3v) is 6.69. The van der Waals surface area contributed by atoms with Gasteiger partial charge in [0.1, 0.15) is 12.2 Å². The Kier molecular flexibility index (Phi) is 5.30. The SMILES string of the molecule is CCc1nc(C2CCc3cc(-c4cc(Cl)ccc4-n4cnnn4)cc(=O)n32)[nH]c1-c1cc[c]cc1. The molecule has 1 aliphatic heterocycles. The molecule has 5 aromatic rings. The predicted octanol–water partition coefficient (Wildman–Crippen LogP) is 4.43. The van der Waals surface area contributed by atoms with Crippen LogP contribution in [0, 0.1) is 6.07 Å². The van der Waals surface area contributed by atoms with Crippen molar-refractivity contribution >= 4 is 11.6 Å². The van der Waals surface area contributed by atoms with E-state index in [0.29, 0.717) is 5.02 Å². The van der Waals surface area contributed by atoms with Crippen LogP contribution in [0.25, 0.3) is 28.1 Å². The number of benzene rings is 2. The fraction of sp³-hybridized carbons (Fsp3) is 0.192. The van der Waals surface area contributed by atoms with Crippen molar-refractivity contribution in [1.29, 1.82) is 0 Å². The maximum atomic E-state index is 13.4. The first-order valence-electron chi connectivity index (χ1n) is 11.5. The van der Waals surface area contributed by atoms with Crippen LogP contribution in [0.4, 0.5) is 0 Å². The molecule has 8 nitrogen and oxygen atoms in total. The molecule has 4 heterocycles. The van der Waals surface area contributed by atoms with E-state index in [2.05, 4.69) is 39.6 Å². The zero-order valence-corrected chi connectivity index (χ0v) is 19.7.